The number of hydrogen-bond donors (Lipinski definition) is 0. The topological polar surface area (TPSA) is 49.9 Å². The van der Waals surface area contributed by atoms with E-state index in [2.05, 4.69) is 13.8 Å². The molecule has 2 atom stereocenters. The van der Waals surface area contributed by atoms with Gasteiger partial charge in [-0.05, 0) is 48.6 Å². The molecule has 5 nitrogen and oxygen atoms in total. The number of rotatable bonds is 4. The zero-order valence-corrected chi connectivity index (χ0v) is 17.4. The van der Waals surface area contributed by atoms with Gasteiger partial charge in [0, 0.05) is 18.7 Å². The maximum absolute atomic E-state index is 13.6. The molecule has 0 aromatic heterocycles. The molecule has 2 heterocycles. The molecule has 1 saturated heterocycles. The minimum atomic E-state index is -0.422. The molecule has 2 aliphatic rings. The summed E-state index contributed by atoms with van der Waals surface area (Å²) in [6.07, 6.45) is 1.08. The Morgan fingerprint density at radius 1 is 0.933 bits per heavy atom. The molecule has 0 saturated carbocycles. The molecule has 0 radical (unpaired) electrons. The standard InChI is InChI=1S/C24H25FN2O3/c1-15-12-16(2)14-26(13-15)22-21(19-6-4-5-7-20(19)30-3)23(28)27(24(22)29)18-10-8-17(25)9-11-18/h4-11,15-16H,12-14H2,1-3H3. The summed E-state index contributed by atoms with van der Waals surface area (Å²) in [5.41, 5.74) is 1.67. The van der Waals surface area contributed by atoms with E-state index in [1.807, 2.05) is 17.0 Å². The molecule has 0 N–H and O–H groups in total. The average Bonchev–Trinajstić information content (AvgIpc) is 2.98. The molecule has 1 fully saturated rings. The molecule has 2 amide bonds. The summed E-state index contributed by atoms with van der Waals surface area (Å²) in [7, 11) is 1.54. The normalized spacial score (nSPS) is 22.1. The van der Waals surface area contributed by atoms with Crippen LogP contribution >= 0.6 is 0 Å². The average molecular weight is 408 g/mol. The maximum atomic E-state index is 13.6. The van der Waals surface area contributed by atoms with Gasteiger partial charge >= 0.3 is 0 Å². The lowest BCUT2D eigenvalue weighted by Gasteiger charge is -2.37. The fourth-order valence-corrected chi connectivity index (χ4v) is 4.58. The Kier molecular flexibility index (Phi) is 5.33. The van der Waals surface area contributed by atoms with Crippen LogP contribution < -0.4 is 9.64 Å². The molecule has 0 bridgehead atoms. The molecule has 2 unspecified atom stereocenters. The van der Waals surface area contributed by atoms with Crippen molar-refractivity contribution in [2.24, 2.45) is 11.8 Å². The van der Waals surface area contributed by atoms with Crippen LogP contribution in [0.5, 0.6) is 5.75 Å². The van der Waals surface area contributed by atoms with Gasteiger partial charge in [0.2, 0.25) is 0 Å². The second kappa shape index (κ2) is 7.94. The van der Waals surface area contributed by atoms with Crippen molar-refractivity contribution >= 4 is 23.1 Å². The molecule has 4 rings (SSSR count). The zero-order chi connectivity index (χ0) is 21.4. The van der Waals surface area contributed by atoms with Crippen molar-refractivity contribution in [3.63, 3.8) is 0 Å². The number of anilines is 1. The lowest BCUT2D eigenvalue weighted by molar-refractivity contribution is -0.120. The highest BCUT2D eigenvalue weighted by Gasteiger charge is 2.44. The number of piperidine rings is 1. The first-order valence-electron chi connectivity index (χ1n) is 10.2. The van der Waals surface area contributed by atoms with Gasteiger partial charge in [-0.3, -0.25) is 9.59 Å². The number of carbonyl (C=O) groups excluding carboxylic acids is 2. The number of hydrogen-bond acceptors (Lipinski definition) is 4. The van der Waals surface area contributed by atoms with Crippen molar-refractivity contribution in [2.45, 2.75) is 20.3 Å². The third-order valence-electron chi connectivity index (χ3n) is 5.71. The van der Waals surface area contributed by atoms with E-state index >= 15 is 0 Å². The van der Waals surface area contributed by atoms with Crippen molar-refractivity contribution < 1.29 is 18.7 Å². The SMILES string of the molecule is COc1ccccc1C1=C(N2CC(C)CC(C)C2)C(=O)N(c2ccc(F)cc2)C1=O. The van der Waals surface area contributed by atoms with Gasteiger partial charge < -0.3 is 9.64 Å². The fraction of sp³-hybridized carbons (Fsp3) is 0.333. The lowest BCUT2D eigenvalue weighted by Crippen LogP contribution is -2.42. The summed E-state index contributed by atoms with van der Waals surface area (Å²) in [4.78, 5) is 30.3. The van der Waals surface area contributed by atoms with E-state index in [1.54, 1.807) is 19.2 Å². The zero-order valence-electron chi connectivity index (χ0n) is 17.4. The van der Waals surface area contributed by atoms with Crippen LogP contribution in [0.15, 0.2) is 54.2 Å². The van der Waals surface area contributed by atoms with E-state index in [0.717, 1.165) is 11.3 Å². The minimum absolute atomic E-state index is 0.336. The van der Waals surface area contributed by atoms with Crippen LogP contribution in [0.1, 0.15) is 25.8 Å². The van der Waals surface area contributed by atoms with Gasteiger partial charge in [-0.2, -0.15) is 0 Å². The Bertz CT molecular complexity index is 1010. The van der Waals surface area contributed by atoms with Gasteiger partial charge in [0.1, 0.15) is 17.3 Å². The summed E-state index contributed by atoms with van der Waals surface area (Å²) < 4.78 is 18.9. The predicted octanol–water partition coefficient (Wildman–Crippen LogP) is 4.10. The van der Waals surface area contributed by atoms with Gasteiger partial charge in [-0.25, -0.2) is 9.29 Å². The Labute approximate surface area is 175 Å². The van der Waals surface area contributed by atoms with Gasteiger partial charge in [-0.1, -0.05) is 32.0 Å². The van der Waals surface area contributed by atoms with Crippen molar-refractivity contribution in [3.8, 4) is 5.75 Å². The first-order valence-corrected chi connectivity index (χ1v) is 10.2. The molecule has 156 valence electrons. The Morgan fingerprint density at radius 2 is 1.57 bits per heavy atom. The van der Waals surface area contributed by atoms with E-state index < -0.39 is 11.7 Å². The van der Waals surface area contributed by atoms with E-state index in [4.69, 9.17) is 4.74 Å². The second-order valence-electron chi connectivity index (χ2n) is 8.20. The molecule has 2 aromatic rings. The van der Waals surface area contributed by atoms with E-state index in [-0.39, 0.29) is 5.91 Å². The van der Waals surface area contributed by atoms with Crippen molar-refractivity contribution in [2.75, 3.05) is 25.1 Å². The van der Waals surface area contributed by atoms with Crippen LogP contribution in [0.3, 0.4) is 0 Å². The van der Waals surface area contributed by atoms with Gasteiger partial charge in [0.15, 0.2) is 0 Å². The molecule has 0 aliphatic carbocycles. The van der Waals surface area contributed by atoms with Crippen molar-refractivity contribution in [3.05, 3.63) is 65.6 Å². The predicted molar refractivity (Wildman–Crippen MR) is 113 cm³/mol. The van der Waals surface area contributed by atoms with Crippen LogP contribution in [-0.2, 0) is 9.59 Å². The van der Waals surface area contributed by atoms with Gasteiger partial charge in [0.05, 0.1) is 18.4 Å². The number of halogens is 1. The Balaban J connectivity index is 1.87. The van der Waals surface area contributed by atoms with Crippen LogP contribution in [-0.4, -0.2) is 36.9 Å². The molecule has 30 heavy (non-hydrogen) atoms. The highest BCUT2D eigenvalue weighted by molar-refractivity contribution is 6.45. The molecule has 2 aliphatic heterocycles. The van der Waals surface area contributed by atoms with Crippen LogP contribution in [0.2, 0.25) is 0 Å². The number of carbonyl (C=O) groups is 2. The number of likely N-dealkylation sites (tertiary alicyclic amines) is 1. The highest BCUT2D eigenvalue weighted by Crippen LogP contribution is 2.39. The second-order valence-corrected chi connectivity index (χ2v) is 8.20. The number of amides is 2. The molecular formula is C24H25FN2O3. The first-order chi connectivity index (χ1) is 14.4. The number of methoxy groups -OCH3 is 1. The largest absolute Gasteiger partial charge is 0.496 e. The van der Waals surface area contributed by atoms with Gasteiger partial charge in [-0.15, -0.1) is 0 Å². The van der Waals surface area contributed by atoms with Crippen molar-refractivity contribution in [1.82, 2.24) is 4.90 Å². The Hall–Kier alpha value is -3.15. The number of para-hydroxylation sites is 1. The minimum Gasteiger partial charge on any atom is -0.496 e. The number of imide groups is 1. The number of ether oxygens (including phenoxy) is 1. The monoisotopic (exact) mass is 408 g/mol. The highest BCUT2D eigenvalue weighted by atomic mass is 19.1. The van der Waals surface area contributed by atoms with E-state index in [1.165, 1.54) is 24.3 Å². The third-order valence-corrected chi connectivity index (χ3v) is 5.71. The van der Waals surface area contributed by atoms with Crippen LogP contribution in [0.25, 0.3) is 5.57 Å². The fourth-order valence-electron chi connectivity index (χ4n) is 4.58. The maximum Gasteiger partial charge on any atom is 0.282 e. The van der Waals surface area contributed by atoms with E-state index in [9.17, 15) is 14.0 Å². The molecule has 6 heteroatoms. The number of nitrogens with zero attached hydrogens (tertiary/aromatic N) is 2. The van der Waals surface area contributed by atoms with Crippen LogP contribution in [0.4, 0.5) is 10.1 Å². The summed E-state index contributed by atoms with van der Waals surface area (Å²) in [6.45, 7) is 5.72. The molecule has 0 spiro atoms. The lowest BCUT2D eigenvalue weighted by atomic mass is 9.91. The summed E-state index contributed by atoms with van der Waals surface area (Å²) in [6, 6.07) is 12.6. The van der Waals surface area contributed by atoms with Gasteiger partial charge in [0.25, 0.3) is 11.8 Å². The number of benzene rings is 2. The first kappa shape index (κ1) is 20.1. The quantitative estimate of drug-likeness (QED) is 0.715. The van der Waals surface area contributed by atoms with Crippen molar-refractivity contribution in [1.29, 1.82) is 0 Å². The molecular weight excluding hydrogens is 383 g/mol. The summed E-state index contributed by atoms with van der Waals surface area (Å²) in [5.74, 6) is 0.122. The summed E-state index contributed by atoms with van der Waals surface area (Å²) in [5, 5.41) is 0. The smallest absolute Gasteiger partial charge is 0.282 e. The summed E-state index contributed by atoms with van der Waals surface area (Å²) >= 11 is 0. The Morgan fingerprint density at radius 3 is 2.20 bits per heavy atom. The van der Waals surface area contributed by atoms with Crippen LogP contribution in [0, 0.1) is 17.7 Å². The van der Waals surface area contributed by atoms with E-state index in [0.29, 0.717) is 53.2 Å². The third kappa shape index (κ3) is 3.47. The molecule has 2 aromatic carbocycles.